The van der Waals surface area contributed by atoms with Crippen LogP contribution in [0.15, 0.2) is 35.4 Å². The summed E-state index contributed by atoms with van der Waals surface area (Å²) in [4.78, 5) is 17.7. The molecule has 0 saturated carbocycles. The lowest BCUT2D eigenvalue weighted by molar-refractivity contribution is 0.0696. The van der Waals surface area contributed by atoms with Crippen molar-refractivity contribution in [1.29, 1.82) is 0 Å². The maximum atomic E-state index is 13.1. The largest absolute Gasteiger partial charge is 0.478 e. The van der Waals surface area contributed by atoms with Gasteiger partial charge < -0.3 is 10.0 Å². The van der Waals surface area contributed by atoms with Crippen LogP contribution in [0.4, 0.5) is 11.5 Å². The van der Waals surface area contributed by atoms with Gasteiger partial charge in [0.1, 0.15) is 0 Å². The maximum absolute atomic E-state index is 13.1. The van der Waals surface area contributed by atoms with E-state index in [2.05, 4.69) is 14.8 Å². The lowest BCUT2D eigenvalue weighted by Gasteiger charge is -2.22. The fourth-order valence-corrected chi connectivity index (χ4v) is 4.96. The lowest BCUT2D eigenvalue weighted by atomic mass is 10.1. The van der Waals surface area contributed by atoms with E-state index in [-0.39, 0.29) is 16.1 Å². The molecule has 182 valence electrons. The van der Waals surface area contributed by atoms with Crippen molar-refractivity contribution >= 4 is 27.5 Å². The average Bonchev–Trinajstić information content (AvgIpc) is 3.06. The van der Waals surface area contributed by atoms with Crippen molar-refractivity contribution in [2.45, 2.75) is 52.5 Å². The Balaban J connectivity index is 1.93. The molecule has 0 aliphatic carbocycles. The first-order valence-corrected chi connectivity index (χ1v) is 12.5. The molecular weight excluding hydrogens is 454 g/mol. The van der Waals surface area contributed by atoms with Gasteiger partial charge in [-0.2, -0.15) is 5.10 Å². The topological polar surface area (TPSA) is 117 Å². The molecule has 0 amide bonds. The van der Waals surface area contributed by atoms with Crippen LogP contribution in [0.25, 0.3) is 0 Å². The molecule has 0 aliphatic rings. The van der Waals surface area contributed by atoms with Gasteiger partial charge in [-0.25, -0.2) is 18.2 Å². The number of aromatic carboxylic acids is 1. The number of benzene rings is 1. The molecule has 0 atom stereocenters. The van der Waals surface area contributed by atoms with Gasteiger partial charge in [0.2, 0.25) is 0 Å². The molecule has 0 aliphatic heterocycles. The molecule has 3 rings (SSSR count). The van der Waals surface area contributed by atoms with Crippen LogP contribution in [-0.4, -0.2) is 47.9 Å². The Bertz CT molecular complexity index is 1330. The minimum absolute atomic E-state index is 0.100. The highest BCUT2D eigenvalue weighted by Gasteiger charge is 2.21. The van der Waals surface area contributed by atoms with E-state index in [1.165, 1.54) is 18.3 Å². The van der Waals surface area contributed by atoms with Gasteiger partial charge in [0.15, 0.2) is 5.82 Å². The molecule has 0 bridgehead atoms. The minimum Gasteiger partial charge on any atom is -0.478 e. The Morgan fingerprint density at radius 2 is 1.85 bits per heavy atom. The number of sulfonamides is 1. The number of aryl methyl sites for hydroxylation is 4. The third-order valence-electron chi connectivity index (χ3n) is 6.04. The van der Waals surface area contributed by atoms with E-state index in [1.807, 2.05) is 44.2 Å². The molecule has 9 nitrogen and oxygen atoms in total. The number of nitrogens with one attached hydrogen (secondary N) is 1. The SMILES string of the molecule is CCn1nc(C)c(CCN(C)c2ncc(C(=O)O)cc2NS(=O)(=O)c2ccc(C)c(C)c2)c1C. The molecule has 34 heavy (non-hydrogen) atoms. The Morgan fingerprint density at radius 3 is 2.44 bits per heavy atom. The van der Waals surface area contributed by atoms with Crippen LogP contribution in [-0.2, 0) is 23.0 Å². The summed E-state index contributed by atoms with van der Waals surface area (Å²) in [5.41, 5.74) is 5.01. The fourth-order valence-electron chi connectivity index (χ4n) is 3.83. The van der Waals surface area contributed by atoms with Gasteiger partial charge in [-0.3, -0.25) is 9.40 Å². The molecule has 2 N–H and O–H groups in total. The molecule has 0 radical (unpaired) electrons. The van der Waals surface area contributed by atoms with Crippen molar-refractivity contribution in [2.75, 3.05) is 23.2 Å². The zero-order chi connectivity index (χ0) is 25.2. The summed E-state index contributed by atoms with van der Waals surface area (Å²) in [7, 11) is -2.16. The summed E-state index contributed by atoms with van der Waals surface area (Å²) < 4.78 is 30.7. The molecule has 3 aromatic rings. The zero-order valence-corrected chi connectivity index (χ0v) is 21.2. The molecule has 2 aromatic heterocycles. The number of nitrogens with zero attached hydrogens (tertiary/aromatic N) is 4. The van der Waals surface area contributed by atoms with Crippen LogP contribution in [0, 0.1) is 27.7 Å². The van der Waals surface area contributed by atoms with E-state index in [4.69, 9.17) is 0 Å². The Morgan fingerprint density at radius 1 is 1.15 bits per heavy atom. The first-order valence-electron chi connectivity index (χ1n) is 11.0. The second-order valence-corrected chi connectivity index (χ2v) is 10.1. The monoisotopic (exact) mass is 485 g/mol. The van der Waals surface area contributed by atoms with Crippen molar-refractivity contribution < 1.29 is 18.3 Å². The number of anilines is 2. The van der Waals surface area contributed by atoms with Crippen LogP contribution in [0.2, 0.25) is 0 Å². The van der Waals surface area contributed by atoms with Gasteiger partial charge in [0, 0.05) is 32.0 Å². The number of carboxylic acid groups (broad SMARTS) is 1. The summed E-state index contributed by atoms with van der Waals surface area (Å²) in [6, 6.07) is 6.15. The highest BCUT2D eigenvalue weighted by molar-refractivity contribution is 7.92. The zero-order valence-electron chi connectivity index (χ0n) is 20.4. The normalized spacial score (nSPS) is 11.5. The first kappa shape index (κ1) is 25.2. The third-order valence-corrected chi connectivity index (χ3v) is 7.40. The quantitative estimate of drug-likeness (QED) is 0.474. The van der Waals surface area contributed by atoms with Crippen molar-refractivity contribution in [3.05, 3.63) is 64.1 Å². The smallest absolute Gasteiger partial charge is 0.337 e. The van der Waals surface area contributed by atoms with Crippen LogP contribution in [0.5, 0.6) is 0 Å². The van der Waals surface area contributed by atoms with E-state index < -0.39 is 16.0 Å². The maximum Gasteiger partial charge on any atom is 0.337 e. The predicted molar refractivity (Wildman–Crippen MR) is 132 cm³/mol. The standard InChI is InChI=1S/C24H31N5O4S/c1-7-29-18(5)21(17(4)26-29)10-11-28(6)23-22(13-19(14-25-23)24(30)31)27-34(32,33)20-9-8-15(2)16(3)12-20/h8-9,12-14,27H,7,10-11H2,1-6H3,(H,30,31). The Hall–Kier alpha value is -3.40. The van der Waals surface area contributed by atoms with Crippen molar-refractivity contribution in [3.63, 3.8) is 0 Å². The molecule has 0 saturated heterocycles. The summed E-state index contributed by atoms with van der Waals surface area (Å²) >= 11 is 0. The predicted octanol–water partition coefficient (Wildman–Crippen LogP) is 3.71. The number of carbonyl (C=O) groups is 1. The van der Waals surface area contributed by atoms with E-state index in [0.29, 0.717) is 18.8 Å². The van der Waals surface area contributed by atoms with Gasteiger partial charge in [-0.05, 0) is 75.9 Å². The molecule has 2 heterocycles. The first-order chi connectivity index (χ1) is 15.9. The summed E-state index contributed by atoms with van der Waals surface area (Å²) in [6.45, 7) is 11.1. The third kappa shape index (κ3) is 5.22. The van der Waals surface area contributed by atoms with E-state index in [0.717, 1.165) is 34.6 Å². The van der Waals surface area contributed by atoms with Gasteiger partial charge in [-0.1, -0.05) is 6.07 Å². The summed E-state index contributed by atoms with van der Waals surface area (Å²) in [6.07, 6.45) is 1.91. The van der Waals surface area contributed by atoms with Gasteiger partial charge in [-0.15, -0.1) is 0 Å². The number of aromatic nitrogens is 3. The molecule has 0 unspecified atom stereocenters. The molecule has 0 spiro atoms. The van der Waals surface area contributed by atoms with Crippen LogP contribution < -0.4 is 9.62 Å². The highest BCUT2D eigenvalue weighted by Crippen LogP contribution is 2.28. The molecule has 10 heteroatoms. The van der Waals surface area contributed by atoms with Gasteiger partial charge in [0.25, 0.3) is 10.0 Å². The summed E-state index contributed by atoms with van der Waals surface area (Å²) in [5, 5.41) is 14.0. The number of carboxylic acids is 1. The molecule has 0 fully saturated rings. The number of pyridine rings is 1. The van der Waals surface area contributed by atoms with Crippen molar-refractivity contribution in [3.8, 4) is 0 Å². The second-order valence-electron chi connectivity index (χ2n) is 8.39. The van der Waals surface area contributed by atoms with Gasteiger partial charge in [0.05, 0.1) is 21.8 Å². The van der Waals surface area contributed by atoms with Crippen LogP contribution >= 0.6 is 0 Å². The number of hydrogen-bond acceptors (Lipinski definition) is 6. The molecule has 1 aromatic carbocycles. The van der Waals surface area contributed by atoms with Crippen LogP contribution in [0.1, 0.15) is 45.4 Å². The highest BCUT2D eigenvalue weighted by atomic mass is 32.2. The van der Waals surface area contributed by atoms with Gasteiger partial charge >= 0.3 is 5.97 Å². The number of hydrogen-bond donors (Lipinski definition) is 2. The number of rotatable bonds is 9. The minimum atomic E-state index is -3.95. The Kier molecular flexibility index (Phi) is 7.30. The Labute approximate surface area is 200 Å². The lowest BCUT2D eigenvalue weighted by Crippen LogP contribution is -2.25. The average molecular weight is 486 g/mol. The van der Waals surface area contributed by atoms with Crippen LogP contribution in [0.3, 0.4) is 0 Å². The molecular formula is C24H31N5O4S. The van der Waals surface area contributed by atoms with E-state index >= 15 is 0 Å². The second kappa shape index (κ2) is 9.84. The number of likely N-dealkylation sites (N-methyl/N-ethyl adjacent to an activating group) is 1. The fraction of sp³-hybridized carbons (Fsp3) is 0.375. The summed E-state index contributed by atoms with van der Waals surface area (Å²) in [5.74, 6) is -0.845. The van der Waals surface area contributed by atoms with E-state index in [1.54, 1.807) is 19.2 Å². The van der Waals surface area contributed by atoms with Crippen molar-refractivity contribution in [1.82, 2.24) is 14.8 Å². The van der Waals surface area contributed by atoms with Crippen molar-refractivity contribution in [2.24, 2.45) is 0 Å². The van der Waals surface area contributed by atoms with E-state index in [9.17, 15) is 18.3 Å².